The van der Waals surface area contributed by atoms with Crippen molar-refractivity contribution in [2.24, 2.45) is 0 Å². The third-order valence-corrected chi connectivity index (χ3v) is 7.36. The predicted molar refractivity (Wildman–Crippen MR) is 131 cm³/mol. The highest BCUT2D eigenvalue weighted by atomic mass is 32.2. The molecular weight excluding hydrogens is 446 g/mol. The SMILES string of the molecule is COc1ccc(SCC(=O)N(Cc2cccnc2)c2nc3ccc(SC)cc3s2)cc1. The van der Waals surface area contributed by atoms with Gasteiger partial charge in [-0.15, -0.1) is 23.5 Å². The van der Waals surface area contributed by atoms with E-state index in [-0.39, 0.29) is 5.91 Å². The maximum atomic E-state index is 13.3. The summed E-state index contributed by atoms with van der Waals surface area (Å²) in [6.45, 7) is 0.436. The fraction of sp³-hybridized carbons (Fsp3) is 0.174. The number of nitrogens with zero attached hydrogens (tertiary/aromatic N) is 3. The van der Waals surface area contributed by atoms with Crippen molar-refractivity contribution in [2.45, 2.75) is 16.3 Å². The molecule has 0 unspecified atom stereocenters. The van der Waals surface area contributed by atoms with Gasteiger partial charge in [0.1, 0.15) is 5.75 Å². The van der Waals surface area contributed by atoms with E-state index in [4.69, 9.17) is 9.72 Å². The van der Waals surface area contributed by atoms with Gasteiger partial charge in [0, 0.05) is 22.2 Å². The Bertz CT molecular complexity index is 1160. The van der Waals surface area contributed by atoms with Crippen molar-refractivity contribution in [3.8, 4) is 5.75 Å². The fourth-order valence-electron chi connectivity index (χ4n) is 2.97. The van der Waals surface area contributed by atoms with Gasteiger partial charge < -0.3 is 4.74 Å². The lowest BCUT2D eigenvalue weighted by atomic mass is 10.2. The first kappa shape index (κ1) is 21.7. The molecule has 4 aromatic rings. The average Bonchev–Trinajstić information content (AvgIpc) is 3.25. The van der Waals surface area contributed by atoms with Crippen LogP contribution in [0.1, 0.15) is 5.56 Å². The molecule has 5 nitrogen and oxygen atoms in total. The van der Waals surface area contributed by atoms with Crippen molar-refractivity contribution in [3.05, 3.63) is 72.6 Å². The second-order valence-electron chi connectivity index (χ2n) is 6.64. The van der Waals surface area contributed by atoms with Gasteiger partial charge in [0.05, 0.1) is 29.6 Å². The third-order valence-electron chi connectivity index (χ3n) is 4.60. The topological polar surface area (TPSA) is 55.3 Å². The molecule has 0 fully saturated rings. The summed E-state index contributed by atoms with van der Waals surface area (Å²) in [5, 5.41) is 0.706. The Morgan fingerprint density at radius 2 is 1.94 bits per heavy atom. The minimum absolute atomic E-state index is 0.00816. The van der Waals surface area contributed by atoms with Crippen molar-refractivity contribution in [1.29, 1.82) is 0 Å². The first-order valence-electron chi connectivity index (χ1n) is 9.57. The van der Waals surface area contributed by atoms with Crippen molar-refractivity contribution in [2.75, 3.05) is 24.0 Å². The first-order valence-corrected chi connectivity index (χ1v) is 12.6. The molecule has 2 aromatic heterocycles. The highest BCUT2D eigenvalue weighted by Gasteiger charge is 2.21. The molecule has 2 heterocycles. The number of methoxy groups -OCH3 is 1. The molecule has 0 aliphatic carbocycles. The fourth-order valence-corrected chi connectivity index (χ4v) is 5.28. The van der Waals surface area contributed by atoms with Crippen LogP contribution in [-0.2, 0) is 11.3 Å². The Kier molecular flexibility index (Phi) is 7.11. The highest BCUT2D eigenvalue weighted by Crippen LogP contribution is 2.33. The Labute approximate surface area is 193 Å². The summed E-state index contributed by atoms with van der Waals surface area (Å²) in [5.41, 5.74) is 1.87. The van der Waals surface area contributed by atoms with Crippen LogP contribution in [0.2, 0.25) is 0 Å². The molecule has 0 atom stereocenters. The summed E-state index contributed by atoms with van der Waals surface area (Å²) in [7, 11) is 1.64. The molecule has 4 rings (SSSR count). The molecule has 0 saturated heterocycles. The molecule has 2 aromatic carbocycles. The lowest BCUT2D eigenvalue weighted by Gasteiger charge is -2.19. The maximum absolute atomic E-state index is 13.3. The molecule has 158 valence electrons. The van der Waals surface area contributed by atoms with Crippen LogP contribution in [0.25, 0.3) is 10.2 Å². The molecule has 1 amide bonds. The summed E-state index contributed by atoms with van der Waals surface area (Å²) in [6.07, 6.45) is 5.57. The van der Waals surface area contributed by atoms with Gasteiger partial charge in [-0.2, -0.15) is 0 Å². The van der Waals surface area contributed by atoms with Gasteiger partial charge in [0.25, 0.3) is 0 Å². The molecule has 0 N–H and O–H groups in total. The Balaban J connectivity index is 1.58. The number of pyridine rings is 1. The number of carbonyl (C=O) groups excluding carboxylic acids is 1. The zero-order valence-corrected chi connectivity index (χ0v) is 19.6. The highest BCUT2D eigenvalue weighted by molar-refractivity contribution is 8.00. The molecule has 31 heavy (non-hydrogen) atoms. The van der Waals surface area contributed by atoms with Crippen molar-refractivity contribution in [3.63, 3.8) is 0 Å². The zero-order valence-electron chi connectivity index (χ0n) is 17.1. The van der Waals surface area contributed by atoms with Gasteiger partial charge in [-0.3, -0.25) is 14.7 Å². The van der Waals surface area contributed by atoms with E-state index in [1.165, 1.54) is 16.7 Å². The Morgan fingerprint density at radius 3 is 2.65 bits per heavy atom. The third kappa shape index (κ3) is 5.39. The van der Waals surface area contributed by atoms with Crippen LogP contribution in [-0.4, -0.2) is 35.0 Å². The minimum atomic E-state index is 0.00816. The van der Waals surface area contributed by atoms with E-state index in [0.717, 1.165) is 26.4 Å². The molecule has 0 saturated carbocycles. The van der Waals surface area contributed by atoms with Gasteiger partial charge >= 0.3 is 0 Å². The summed E-state index contributed by atoms with van der Waals surface area (Å²) >= 11 is 4.75. The number of fused-ring (bicyclic) bond motifs is 1. The van der Waals surface area contributed by atoms with Crippen molar-refractivity contribution >= 4 is 56.1 Å². The quantitative estimate of drug-likeness (QED) is 0.308. The summed E-state index contributed by atoms with van der Waals surface area (Å²) < 4.78 is 6.28. The number of hydrogen-bond acceptors (Lipinski definition) is 7. The molecule has 0 bridgehead atoms. The van der Waals surface area contributed by atoms with E-state index in [2.05, 4.69) is 23.4 Å². The maximum Gasteiger partial charge on any atom is 0.239 e. The van der Waals surface area contributed by atoms with E-state index in [1.54, 1.807) is 47.5 Å². The number of aromatic nitrogens is 2. The monoisotopic (exact) mass is 467 g/mol. The van der Waals surface area contributed by atoms with Crippen LogP contribution in [0.15, 0.2) is 76.8 Å². The van der Waals surface area contributed by atoms with Crippen LogP contribution < -0.4 is 9.64 Å². The molecule has 0 radical (unpaired) electrons. The zero-order chi connectivity index (χ0) is 21.6. The van der Waals surface area contributed by atoms with E-state index >= 15 is 0 Å². The van der Waals surface area contributed by atoms with Crippen LogP contribution >= 0.6 is 34.9 Å². The van der Waals surface area contributed by atoms with Crippen LogP contribution in [0, 0.1) is 0 Å². The standard InChI is InChI=1S/C23H21N3O2S3/c1-28-17-5-7-18(8-6-17)30-15-22(27)26(14-16-4-3-11-24-13-16)23-25-20-10-9-19(29-2)12-21(20)31-23/h3-13H,14-15H2,1-2H3. The Morgan fingerprint density at radius 1 is 1.13 bits per heavy atom. The number of anilines is 1. The molecule has 0 aliphatic rings. The van der Waals surface area contributed by atoms with Gasteiger partial charge in [0.2, 0.25) is 5.91 Å². The van der Waals surface area contributed by atoms with Gasteiger partial charge in [-0.05, 0) is 60.4 Å². The molecule has 0 aliphatic heterocycles. The number of ether oxygens (including phenoxy) is 1. The minimum Gasteiger partial charge on any atom is -0.497 e. The molecular formula is C23H21N3O2S3. The first-order chi connectivity index (χ1) is 15.2. The number of rotatable bonds is 8. The van der Waals surface area contributed by atoms with E-state index in [0.29, 0.717) is 17.4 Å². The second kappa shape index (κ2) is 10.2. The number of thioether (sulfide) groups is 2. The molecule has 0 spiro atoms. The average molecular weight is 468 g/mol. The van der Waals surface area contributed by atoms with Crippen LogP contribution in [0.4, 0.5) is 5.13 Å². The Hall–Kier alpha value is -2.55. The van der Waals surface area contributed by atoms with Crippen molar-refractivity contribution < 1.29 is 9.53 Å². The lowest BCUT2D eigenvalue weighted by Crippen LogP contribution is -2.31. The van der Waals surface area contributed by atoms with Crippen LogP contribution in [0.5, 0.6) is 5.75 Å². The number of hydrogen-bond donors (Lipinski definition) is 0. The van der Waals surface area contributed by atoms with Crippen molar-refractivity contribution in [1.82, 2.24) is 9.97 Å². The van der Waals surface area contributed by atoms with Gasteiger partial charge in [-0.1, -0.05) is 17.4 Å². The van der Waals surface area contributed by atoms with Gasteiger partial charge in [0.15, 0.2) is 5.13 Å². The van der Waals surface area contributed by atoms with Gasteiger partial charge in [-0.25, -0.2) is 4.98 Å². The van der Waals surface area contributed by atoms with E-state index < -0.39 is 0 Å². The predicted octanol–water partition coefficient (Wildman–Crippen LogP) is 5.75. The molecule has 8 heteroatoms. The summed E-state index contributed by atoms with van der Waals surface area (Å²) in [5.74, 6) is 1.13. The largest absolute Gasteiger partial charge is 0.497 e. The number of carbonyl (C=O) groups is 1. The summed E-state index contributed by atoms with van der Waals surface area (Å²) in [6, 6.07) is 17.8. The summed E-state index contributed by atoms with van der Waals surface area (Å²) in [4.78, 5) is 26.2. The smallest absolute Gasteiger partial charge is 0.239 e. The second-order valence-corrected chi connectivity index (χ2v) is 9.57. The normalized spacial score (nSPS) is 10.9. The van der Waals surface area contributed by atoms with E-state index in [9.17, 15) is 4.79 Å². The lowest BCUT2D eigenvalue weighted by molar-refractivity contribution is -0.116. The number of thiazole rings is 1. The van der Waals surface area contributed by atoms with Crippen LogP contribution in [0.3, 0.4) is 0 Å². The number of benzene rings is 2. The van der Waals surface area contributed by atoms with E-state index in [1.807, 2.05) is 42.5 Å². The number of amides is 1.